The summed E-state index contributed by atoms with van der Waals surface area (Å²) in [6, 6.07) is 1.42. The zero-order valence-electron chi connectivity index (χ0n) is 11.9. The van der Waals surface area contributed by atoms with Crippen molar-refractivity contribution in [2.24, 2.45) is 5.73 Å². The van der Waals surface area contributed by atoms with Crippen LogP contribution in [-0.2, 0) is 15.7 Å². The lowest BCUT2D eigenvalue weighted by Crippen LogP contribution is -2.41. The zero-order valence-corrected chi connectivity index (χ0v) is 11.9. The molecule has 1 aromatic rings. The quantitative estimate of drug-likeness (QED) is 0.830. The number of nitrogens with two attached hydrogens (primary N) is 1. The van der Waals surface area contributed by atoms with Crippen LogP contribution in [0.15, 0.2) is 12.3 Å². The monoisotopic (exact) mass is 266 g/mol. The Morgan fingerprint density at radius 1 is 1.26 bits per heavy atom. The Kier molecular flexibility index (Phi) is 3.68. The summed E-state index contributed by atoms with van der Waals surface area (Å²) >= 11 is 0. The van der Waals surface area contributed by atoms with Gasteiger partial charge in [0.25, 0.3) is 0 Å². The Hall–Kier alpha value is -0.975. The highest BCUT2D eigenvalue weighted by Gasteiger charge is 2.52. The van der Waals surface area contributed by atoms with E-state index in [0.29, 0.717) is 18.4 Å². The highest BCUT2D eigenvalue weighted by molar-refractivity contribution is 6.62. The van der Waals surface area contributed by atoms with Crippen molar-refractivity contribution in [3.63, 3.8) is 0 Å². The van der Waals surface area contributed by atoms with Crippen LogP contribution in [0.1, 0.15) is 33.4 Å². The molecule has 0 aliphatic carbocycles. The number of rotatable bonds is 3. The predicted molar refractivity (Wildman–Crippen MR) is 72.7 cm³/mol. The summed E-state index contributed by atoms with van der Waals surface area (Å²) in [5, 5.41) is 0. The minimum absolute atomic E-state index is 0.398. The van der Waals surface area contributed by atoms with Crippen molar-refractivity contribution in [3.8, 4) is 0 Å². The van der Waals surface area contributed by atoms with Crippen molar-refractivity contribution in [3.05, 3.63) is 23.8 Å². The maximum Gasteiger partial charge on any atom is 0.496 e. The van der Waals surface area contributed by atoms with Crippen LogP contribution in [0.3, 0.4) is 0 Å². The molecule has 0 atom stereocenters. The van der Waals surface area contributed by atoms with E-state index in [1.165, 1.54) is 12.3 Å². The van der Waals surface area contributed by atoms with E-state index in [2.05, 4.69) is 4.98 Å². The molecule has 0 aromatic carbocycles. The van der Waals surface area contributed by atoms with Crippen LogP contribution in [0.4, 0.5) is 4.39 Å². The molecule has 19 heavy (non-hydrogen) atoms. The fraction of sp³-hybridized carbons (Fsp3) is 0.615. The van der Waals surface area contributed by atoms with Gasteiger partial charge in [0, 0.05) is 17.6 Å². The average Bonchev–Trinajstić information content (AvgIpc) is 2.51. The third kappa shape index (κ3) is 2.66. The van der Waals surface area contributed by atoms with E-state index in [1.54, 1.807) is 0 Å². The molecule has 1 aliphatic rings. The molecule has 2 rings (SSSR count). The Morgan fingerprint density at radius 2 is 1.84 bits per heavy atom. The second-order valence-corrected chi connectivity index (χ2v) is 5.82. The van der Waals surface area contributed by atoms with Gasteiger partial charge in [-0.25, -0.2) is 4.39 Å². The summed E-state index contributed by atoms with van der Waals surface area (Å²) in [7, 11) is -0.602. The van der Waals surface area contributed by atoms with Crippen LogP contribution in [0.25, 0.3) is 0 Å². The van der Waals surface area contributed by atoms with Crippen molar-refractivity contribution >= 4 is 12.6 Å². The lowest BCUT2D eigenvalue weighted by atomic mass is 9.77. The molecular weight excluding hydrogens is 246 g/mol. The third-order valence-electron chi connectivity index (χ3n) is 3.86. The molecule has 1 aromatic heterocycles. The van der Waals surface area contributed by atoms with E-state index in [0.717, 1.165) is 5.69 Å². The SMILES string of the molecule is CC1(C)OB(c2cc(F)cnc2CCN)OC1(C)C. The Morgan fingerprint density at radius 3 is 2.37 bits per heavy atom. The van der Waals surface area contributed by atoms with E-state index in [4.69, 9.17) is 15.0 Å². The molecule has 1 saturated heterocycles. The Labute approximate surface area is 113 Å². The number of nitrogens with zero attached hydrogens (tertiary/aromatic N) is 1. The fourth-order valence-corrected chi connectivity index (χ4v) is 2.00. The van der Waals surface area contributed by atoms with Gasteiger partial charge in [0.15, 0.2) is 0 Å². The maximum atomic E-state index is 13.4. The van der Waals surface area contributed by atoms with Gasteiger partial charge in [-0.2, -0.15) is 0 Å². The summed E-state index contributed by atoms with van der Waals surface area (Å²) in [4.78, 5) is 4.09. The van der Waals surface area contributed by atoms with Gasteiger partial charge in [-0.15, -0.1) is 0 Å². The van der Waals surface area contributed by atoms with Crippen molar-refractivity contribution < 1.29 is 13.7 Å². The van der Waals surface area contributed by atoms with Crippen molar-refractivity contribution in [2.45, 2.75) is 45.3 Å². The highest BCUT2D eigenvalue weighted by atomic mass is 19.1. The molecule has 0 amide bonds. The first kappa shape index (κ1) is 14.4. The Balaban J connectivity index is 2.35. The maximum absolute atomic E-state index is 13.4. The number of hydrogen-bond acceptors (Lipinski definition) is 4. The van der Waals surface area contributed by atoms with Gasteiger partial charge in [-0.05, 0) is 40.3 Å². The summed E-state index contributed by atoms with van der Waals surface area (Å²) in [6.45, 7) is 8.29. The molecular formula is C13H20BFN2O2. The van der Waals surface area contributed by atoms with Crippen LogP contribution < -0.4 is 11.2 Å². The number of aromatic nitrogens is 1. The van der Waals surface area contributed by atoms with E-state index in [-0.39, 0.29) is 0 Å². The van der Waals surface area contributed by atoms with Gasteiger partial charge in [0.1, 0.15) is 5.82 Å². The molecule has 6 heteroatoms. The van der Waals surface area contributed by atoms with E-state index in [1.807, 2.05) is 27.7 Å². The molecule has 0 unspecified atom stereocenters. The minimum atomic E-state index is -0.602. The highest BCUT2D eigenvalue weighted by Crippen LogP contribution is 2.36. The first-order valence-corrected chi connectivity index (χ1v) is 6.47. The van der Waals surface area contributed by atoms with Crippen LogP contribution in [-0.4, -0.2) is 29.8 Å². The van der Waals surface area contributed by atoms with Crippen LogP contribution in [0.5, 0.6) is 0 Å². The van der Waals surface area contributed by atoms with Gasteiger partial charge in [0.2, 0.25) is 0 Å². The molecule has 2 N–H and O–H groups in total. The number of hydrogen-bond donors (Lipinski definition) is 1. The average molecular weight is 266 g/mol. The van der Waals surface area contributed by atoms with Crippen molar-refractivity contribution in [1.29, 1.82) is 0 Å². The van der Waals surface area contributed by atoms with Crippen LogP contribution >= 0.6 is 0 Å². The normalized spacial score (nSPS) is 20.8. The van der Waals surface area contributed by atoms with E-state index in [9.17, 15) is 4.39 Å². The number of pyridine rings is 1. The summed E-state index contributed by atoms with van der Waals surface area (Å²) in [6.07, 6.45) is 1.76. The van der Waals surface area contributed by atoms with E-state index >= 15 is 0 Å². The summed E-state index contributed by atoms with van der Waals surface area (Å²) in [5.41, 5.74) is 6.00. The zero-order chi connectivity index (χ0) is 14.3. The lowest BCUT2D eigenvalue weighted by Gasteiger charge is -2.32. The molecule has 1 aliphatic heterocycles. The van der Waals surface area contributed by atoms with Gasteiger partial charge in [-0.1, -0.05) is 0 Å². The topological polar surface area (TPSA) is 57.4 Å². The summed E-state index contributed by atoms with van der Waals surface area (Å²) < 4.78 is 25.3. The van der Waals surface area contributed by atoms with Gasteiger partial charge in [0.05, 0.1) is 17.4 Å². The molecule has 0 bridgehead atoms. The van der Waals surface area contributed by atoms with Crippen molar-refractivity contribution in [1.82, 2.24) is 4.98 Å². The lowest BCUT2D eigenvalue weighted by molar-refractivity contribution is 0.00578. The molecule has 0 saturated carbocycles. The van der Waals surface area contributed by atoms with Crippen LogP contribution in [0.2, 0.25) is 0 Å². The smallest absolute Gasteiger partial charge is 0.399 e. The van der Waals surface area contributed by atoms with Gasteiger partial charge in [-0.3, -0.25) is 4.98 Å². The molecule has 0 spiro atoms. The van der Waals surface area contributed by atoms with Crippen LogP contribution in [0, 0.1) is 5.82 Å². The second kappa shape index (κ2) is 4.85. The molecule has 1 fully saturated rings. The standard InChI is InChI=1S/C13H20BFN2O2/c1-12(2)13(3,4)19-14(18-12)10-7-9(15)8-17-11(10)5-6-16/h7-8H,5-6,16H2,1-4H3. The molecule has 0 radical (unpaired) electrons. The van der Waals surface area contributed by atoms with Gasteiger partial charge < -0.3 is 15.0 Å². The second-order valence-electron chi connectivity index (χ2n) is 5.82. The fourth-order valence-electron chi connectivity index (χ4n) is 2.00. The number of halogens is 1. The predicted octanol–water partition coefficient (Wildman–Crippen LogP) is 1.02. The van der Waals surface area contributed by atoms with Crippen molar-refractivity contribution in [2.75, 3.05) is 6.54 Å². The van der Waals surface area contributed by atoms with E-state index < -0.39 is 24.1 Å². The summed E-state index contributed by atoms with van der Waals surface area (Å²) in [5.74, 6) is -0.398. The first-order chi connectivity index (χ1) is 8.77. The van der Waals surface area contributed by atoms with Gasteiger partial charge >= 0.3 is 7.12 Å². The molecule has 2 heterocycles. The minimum Gasteiger partial charge on any atom is -0.399 e. The Bertz CT molecular complexity index is 464. The largest absolute Gasteiger partial charge is 0.496 e. The molecule has 104 valence electrons. The first-order valence-electron chi connectivity index (χ1n) is 6.47. The third-order valence-corrected chi connectivity index (χ3v) is 3.86. The molecule has 4 nitrogen and oxygen atoms in total.